The summed E-state index contributed by atoms with van der Waals surface area (Å²) in [5, 5.41) is 3.68. The second-order valence-corrected chi connectivity index (χ2v) is 4.92. The second-order valence-electron chi connectivity index (χ2n) is 4.92. The van der Waals surface area contributed by atoms with Crippen molar-refractivity contribution in [3.63, 3.8) is 0 Å². The third-order valence-electron chi connectivity index (χ3n) is 2.94. The van der Waals surface area contributed by atoms with Crippen molar-refractivity contribution in [3.8, 4) is 11.1 Å². The number of aromatic nitrogens is 1. The topological polar surface area (TPSA) is 52.0 Å². The zero-order valence-electron chi connectivity index (χ0n) is 10.9. The second kappa shape index (κ2) is 5.38. The normalized spacial score (nSPS) is 11.2. The van der Waals surface area contributed by atoms with E-state index in [4.69, 9.17) is 10.3 Å². The van der Waals surface area contributed by atoms with Gasteiger partial charge in [0.15, 0.2) is 5.82 Å². The van der Waals surface area contributed by atoms with E-state index in [-0.39, 0.29) is 11.4 Å². The van der Waals surface area contributed by atoms with Crippen molar-refractivity contribution in [1.29, 1.82) is 0 Å². The number of rotatable bonds is 4. The van der Waals surface area contributed by atoms with Crippen molar-refractivity contribution in [2.45, 2.75) is 26.7 Å². The molecule has 0 radical (unpaired) electrons. The van der Waals surface area contributed by atoms with E-state index in [1.807, 2.05) is 0 Å². The van der Waals surface area contributed by atoms with Gasteiger partial charge in [-0.3, -0.25) is 0 Å². The molecular weight excluding hydrogens is 250 g/mol. The van der Waals surface area contributed by atoms with Gasteiger partial charge >= 0.3 is 0 Å². The molecule has 2 aromatic rings. The van der Waals surface area contributed by atoms with Gasteiger partial charge in [-0.25, -0.2) is 8.78 Å². The molecule has 1 aromatic carbocycles. The molecule has 0 bridgehead atoms. The van der Waals surface area contributed by atoms with Crippen molar-refractivity contribution >= 4 is 5.82 Å². The summed E-state index contributed by atoms with van der Waals surface area (Å²) in [5.41, 5.74) is 6.37. The minimum absolute atomic E-state index is 0.129. The summed E-state index contributed by atoms with van der Waals surface area (Å²) in [6.45, 7) is 4.16. The molecule has 0 unspecified atom stereocenters. The Morgan fingerprint density at radius 3 is 2.68 bits per heavy atom. The lowest BCUT2D eigenvalue weighted by Crippen LogP contribution is -1.96. The number of halogens is 2. The number of aryl methyl sites for hydroxylation is 1. The number of hydrogen-bond donors (Lipinski definition) is 1. The van der Waals surface area contributed by atoms with Gasteiger partial charge in [-0.15, -0.1) is 0 Å². The molecule has 1 aromatic heterocycles. The number of benzene rings is 1. The van der Waals surface area contributed by atoms with Gasteiger partial charge in [-0.05, 0) is 24.5 Å². The van der Waals surface area contributed by atoms with Crippen LogP contribution in [-0.2, 0) is 6.42 Å². The maximum Gasteiger partial charge on any atom is 0.175 e. The quantitative estimate of drug-likeness (QED) is 0.916. The molecule has 0 atom stereocenters. The minimum atomic E-state index is -0.666. The first-order valence-electron chi connectivity index (χ1n) is 6.18. The first-order chi connectivity index (χ1) is 8.99. The van der Waals surface area contributed by atoms with Crippen molar-refractivity contribution < 1.29 is 13.3 Å². The molecule has 5 heteroatoms. The van der Waals surface area contributed by atoms with Gasteiger partial charge in [0.1, 0.15) is 17.4 Å². The van der Waals surface area contributed by atoms with Crippen LogP contribution in [0.1, 0.15) is 26.0 Å². The number of nitrogen functional groups attached to an aromatic ring is 1. The van der Waals surface area contributed by atoms with E-state index in [2.05, 4.69) is 19.0 Å². The lowest BCUT2D eigenvalue weighted by atomic mass is 10.00. The van der Waals surface area contributed by atoms with Crippen LogP contribution in [-0.4, -0.2) is 5.16 Å². The SMILES string of the molecule is CC(C)CCc1onc(N)c1-c1ccc(F)cc1F. The molecular formula is C14H16F2N2O. The van der Waals surface area contributed by atoms with Gasteiger partial charge in [-0.2, -0.15) is 0 Å². The van der Waals surface area contributed by atoms with Crippen LogP contribution in [0.5, 0.6) is 0 Å². The molecule has 0 aliphatic carbocycles. The molecule has 2 rings (SSSR count). The maximum absolute atomic E-state index is 13.8. The van der Waals surface area contributed by atoms with E-state index in [9.17, 15) is 8.78 Å². The summed E-state index contributed by atoms with van der Waals surface area (Å²) in [6.07, 6.45) is 1.50. The summed E-state index contributed by atoms with van der Waals surface area (Å²) in [7, 11) is 0. The molecule has 0 amide bonds. The maximum atomic E-state index is 13.8. The van der Waals surface area contributed by atoms with E-state index in [0.717, 1.165) is 12.5 Å². The number of hydrogen-bond acceptors (Lipinski definition) is 3. The van der Waals surface area contributed by atoms with Gasteiger partial charge in [0, 0.05) is 18.1 Å². The standard InChI is InChI=1S/C14H16F2N2O/c1-8(2)3-6-12-13(14(17)18-19-12)10-5-4-9(15)7-11(10)16/h4-5,7-8H,3,6H2,1-2H3,(H2,17,18). The third kappa shape index (κ3) is 2.92. The van der Waals surface area contributed by atoms with Crippen LogP contribution in [0, 0.1) is 17.6 Å². The number of nitrogens with two attached hydrogens (primary N) is 1. The Hall–Kier alpha value is -1.91. The predicted octanol–water partition coefficient (Wildman–Crippen LogP) is 3.79. The summed E-state index contributed by atoms with van der Waals surface area (Å²) in [4.78, 5) is 0. The molecule has 2 N–H and O–H groups in total. The van der Waals surface area contributed by atoms with Gasteiger partial charge < -0.3 is 10.3 Å². The monoisotopic (exact) mass is 266 g/mol. The molecule has 0 saturated carbocycles. The Morgan fingerprint density at radius 1 is 1.32 bits per heavy atom. The van der Waals surface area contributed by atoms with E-state index >= 15 is 0 Å². The fourth-order valence-corrected chi connectivity index (χ4v) is 1.91. The Bertz CT molecular complexity index is 579. The van der Waals surface area contributed by atoms with Crippen molar-refractivity contribution in [2.24, 2.45) is 5.92 Å². The van der Waals surface area contributed by atoms with Crippen LogP contribution in [0.15, 0.2) is 22.7 Å². The van der Waals surface area contributed by atoms with Gasteiger partial charge in [-0.1, -0.05) is 19.0 Å². The van der Waals surface area contributed by atoms with Gasteiger partial charge in [0.2, 0.25) is 0 Å². The highest BCUT2D eigenvalue weighted by Gasteiger charge is 2.19. The molecule has 1 heterocycles. The van der Waals surface area contributed by atoms with Crippen LogP contribution < -0.4 is 5.73 Å². The molecule has 0 aliphatic rings. The van der Waals surface area contributed by atoms with Crippen LogP contribution in [0.2, 0.25) is 0 Å². The van der Waals surface area contributed by atoms with Crippen LogP contribution in [0.25, 0.3) is 11.1 Å². The smallest absolute Gasteiger partial charge is 0.175 e. The van der Waals surface area contributed by atoms with Crippen LogP contribution >= 0.6 is 0 Å². The predicted molar refractivity (Wildman–Crippen MR) is 69.4 cm³/mol. The Morgan fingerprint density at radius 2 is 2.05 bits per heavy atom. The Labute approximate surface area is 110 Å². The Balaban J connectivity index is 2.40. The average Bonchev–Trinajstić information content (AvgIpc) is 2.68. The molecule has 102 valence electrons. The van der Waals surface area contributed by atoms with E-state index in [1.165, 1.54) is 12.1 Å². The van der Waals surface area contributed by atoms with E-state index < -0.39 is 11.6 Å². The molecule has 0 saturated heterocycles. The van der Waals surface area contributed by atoms with E-state index in [1.54, 1.807) is 0 Å². The largest absolute Gasteiger partial charge is 0.380 e. The van der Waals surface area contributed by atoms with Crippen molar-refractivity contribution in [1.82, 2.24) is 5.16 Å². The first-order valence-corrected chi connectivity index (χ1v) is 6.18. The molecule has 0 fully saturated rings. The molecule has 3 nitrogen and oxygen atoms in total. The van der Waals surface area contributed by atoms with E-state index in [0.29, 0.717) is 23.7 Å². The summed E-state index contributed by atoms with van der Waals surface area (Å²) >= 11 is 0. The fraction of sp³-hybridized carbons (Fsp3) is 0.357. The summed E-state index contributed by atoms with van der Waals surface area (Å²) in [6, 6.07) is 3.37. The minimum Gasteiger partial charge on any atom is -0.380 e. The highest BCUT2D eigenvalue weighted by molar-refractivity contribution is 5.75. The zero-order chi connectivity index (χ0) is 14.0. The number of anilines is 1. The van der Waals surface area contributed by atoms with Crippen LogP contribution in [0.4, 0.5) is 14.6 Å². The Kier molecular flexibility index (Phi) is 3.83. The molecule has 19 heavy (non-hydrogen) atoms. The lowest BCUT2D eigenvalue weighted by Gasteiger charge is -2.06. The lowest BCUT2D eigenvalue weighted by molar-refractivity contribution is 0.376. The average molecular weight is 266 g/mol. The summed E-state index contributed by atoms with van der Waals surface area (Å²) < 4.78 is 31.9. The highest BCUT2D eigenvalue weighted by atomic mass is 19.1. The first kappa shape index (κ1) is 13.5. The third-order valence-corrected chi connectivity index (χ3v) is 2.94. The van der Waals surface area contributed by atoms with Crippen molar-refractivity contribution in [3.05, 3.63) is 35.6 Å². The number of nitrogens with zero attached hydrogens (tertiary/aromatic N) is 1. The molecule has 0 aliphatic heterocycles. The van der Waals surface area contributed by atoms with Gasteiger partial charge in [0.05, 0.1) is 5.56 Å². The molecule has 0 spiro atoms. The van der Waals surface area contributed by atoms with Crippen molar-refractivity contribution in [2.75, 3.05) is 5.73 Å². The van der Waals surface area contributed by atoms with Crippen LogP contribution in [0.3, 0.4) is 0 Å². The summed E-state index contributed by atoms with van der Waals surface area (Å²) in [5.74, 6) is -0.140. The van der Waals surface area contributed by atoms with Gasteiger partial charge in [0.25, 0.3) is 0 Å². The zero-order valence-corrected chi connectivity index (χ0v) is 10.9. The fourth-order valence-electron chi connectivity index (χ4n) is 1.91. The highest BCUT2D eigenvalue weighted by Crippen LogP contribution is 2.33.